The lowest BCUT2D eigenvalue weighted by atomic mass is 10.2. The van der Waals surface area contributed by atoms with Gasteiger partial charge in [-0.2, -0.15) is 13.2 Å². The highest BCUT2D eigenvalue weighted by molar-refractivity contribution is 5.78. The van der Waals surface area contributed by atoms with E-state index in [1.165, 1.54) is 11.1 Å². The van der Waals surface area contributed by atoms with Crippen molar-refractivity contribution in [2.45, 2.75) is 19.6 Å². The van der Waals surface area contributed by atoms with E-state index in [9.17, 15) is 27.6 Å². The van der Waals surface area contributed by atoms with Gasteiger partial charge in [-0.3, -0.25) is 19.3 Å². The van der Waals surface area contributed by atoms with E-state index in [1.807, 2.05) is 11.8 Å². The van der Waals surface area contributed by atoms with Crippen molar-refractivity contribution in [3.05, 3.63) is 34.2 Å². The molecular formula is C16H21F3N4O3. The van der Waals surface area contributed by atoms with Crippen LogP contribution >= 0.6 is 0 Å². The molecule has 2 amide bonds. The predicted octanol–water partition coefficient (Wildman–Crippen LogP) is 0.147. The molecule has 2 heterocycles. The summed E-state index contributed by atoms with van der Waals surface area (Å²) < 4.78 is 39.1. The Morgan fingerprint density at radius 2 is 1.81 bits per heavy atom. The number of hydrogen-bond acceptors (Lipinski definition) is 4. The van der Waals surface area contributed by atoms with Gasteiger partial charge in [0.15, 0.2) is 0 Å². The van der Waals surface area contributed by atoms with Gasteiger partial charge in [0.25, 0.3) is 5.56 Å². The summed E-state index contributed by atoms with van der Waals surface area (Å²) in [5.41, 5.74) is -2.53. The minimum Gasteiger partial charge on any atom is -0.355 e. The van der Waals surface area contributed by atoms with Crippen LogP contribution in [-0.2, 0) is 22.3 Å². The molecule has 1 saturated heterocycles. The molecule has 10 heteroatoms. The van der Waals surface area contributed by atoms with Crippen molar-refractivity contribution in [2.24, 2.45) is 0 Å². The highest BCUT2D eigenvalue weighted by atomic mass is 19.4. The van der Waals surface area contributed by atoms with E-state index in [4.69, 9.17) is 0 Å². The number of amides is 2. The lowest BCUT2D eigenvalue weighted by Crippen LogP contribution is -2.52. The summed E-state index contributed by atoms with van der Waals surface area (Å²) in [6.07, 6.45) is -3.59. The number of nitrogens with zero attached hydrogens (tertiary/aromatic N) is 3. The molecule has 0 unspecified atom stereocenters. The molecule has 1 aromatic heterocycles. The normalized spacial score (nSPS) is 15.8. The zero-order valence-electron chi connectivity index (χ0n) is 14.4. The number of halogens is 3. The molecule has 0 radical (unpaired) electrons. The first-order valence-electron chi connectivity index (χ1n) is 8.26. The van der Waals surface area contributed by atoms with Crippen LogP contribution in [0.4, 0.5) is 13.2 Å². The van der Waals surface area contributed by atoms with Crippen molar-refractivity contribution in [1.29, 1.82) is 0 Å². The maximum absolute atomic E-state index is 12.8. The minimum atomic E-state index is -4.76. The number of hydrogen-bond donors (Lipinski definition) is 1. The van der Waals surface area contributed by atoms with E-state index in [1.54, 1.807) is 0 Å². The Bertz CT molecular complexity index is 709. The van der Waals surface area contributed by atoms with Gasteiger partial charge in [-0.25, -0.2) is 0 Å². The largest absolute Gasteiger partial charge is 0.421 e. The summed E-state index contributed by atoms with van der Waals surface area (Å²) in [5, 5.41) is 2.69. The summed E-state index contributed by atoms with van der Waals surface area (Å²) in [6.45, 7) is 3.84. The number of carbonyl (C=O) groups is 2. The number of pyridine rings is 1. The Labute approximate surface area is 148 Å². The Morgan fingerprint density at radius 1 is 1.15 bits per heavy atom. The molecule has 2 rings (SSSR count). The molecule has 7 nitrogen and oxygen atoms in total. The highest BCUT2D eigenvalue weighted by Gasteiger charge is 2.34. The van der Waals surface area contributed by atoms with Crippen LogP contribution in [0.1, 0.15) is 12.5 Å². The highest BCUT2D eigenvalue weighted by Crippen LogP contribution is 2.25. The van der Waals surface area contributed by atoms with Crippen molar-refractivity contribution in [2.75, 3.05) is 39.3 Å². The first kappa shape index (κ1) is 20.0. The fourth-order valence-corrected chi connectivity index (χ4v) is 2.73. The van der Waals surface area contributed by atoms with E-state index >= 15 is 0 Å². The fraction of sp³-hybridized carbons (Fsp3) is 0.562. The summed E-state index contributed by atoms with van der Waals surface area (Å²) in [7, 11) is 0. The molecular weight excluding hydrogens is 353 g/mol. The molecule has 1 fully saturated rings. The van der Waals surface area contributed by atoms with Crippen LogP contribution in [0.15, 0.2) is 23.1 Å². The molecule has 0 aromatic carbocycles. The molecule has 144 valence electrons. The number of nitrogens with one attached hydrogen (secondary N) is 1. The Balaban J connectivity index is 1.94. The maximum Gasteiger partial charge on any atom is 0.421 e. The summed E-state index contributed by atoms with van der Waals surface area (Å²) in [6, 6.07) is 1.80. The van der Waals surface area contributed by atoms with Crippen LogP contribution in [-0.4, -0.2) is 65.4 Å². The molecule has 0 bridgehead atoms. The first-order valence-corrected chi connectivity index (χ1v) is 8.26. The van der Waals surface area contributed by atoms with Crippen LogP contribution in [0.5, 0.6) is 0 Å². The maximum atomic E-state index is 12.8. The van der Waals surface area contributed by atoms with Gasteiger partial charge in [0.05, 0.1) is 6.54 Å². The smallest absolute Gasteiger partial charge is 0.355 e. The standard InChI is InChI=1S/C16H21F3N4O3/c1-2-20-13(24)10-21-6-8-22(9-7-21)14(25)11-23-5-3-4-12(15(23)26)16(17,18)19/h3-5H,2,6-11H2,1H3,(H,20,24). The third kappa shape index (κ3) is 5.07. The Kier molecular flexibility index (Phi) is 6.41. The molecule has 26 heavy (non-hydrogen) atoms. The average Bonchev–Trinajstić information content (AvgIpc) is 2.56. The Morgan fingerprint density at radius 3 is 2.38 bits per heavy atom. The second-order valence-corrected chi connectivity index (χ2v) is 5.96. The van der Waals surface area contributed by atoms with E-state index in [0.29, 0.717) is 38.8 Å². The molecule has 1 aromatic rings. The van der Waals surface area contributed by atoms with Crippen LogP contribution in [0.2, 0.25) is 0 Å². The topological polar surface area (TPSA) is 74.7 Å². The molecule has 0 aliphatic carbocycles. The van der Waals surface area contributed by atoms with Gasteiger partial charge in [0, 0.05) is 38.9 Å². The molecule has 0 atom stereocenters. The quantitative estimate of drug-likeness (QED) is 0.796. The third-order valence-corrected chi connectivity index (χ3v) is 4.10. The van der Waals surface area contributed by atoms with Crippen LogP contribution < -0.4 is 10.9 Å². The average molecular weight is 374 g/mol. The summed E-state index contributed by atoms with van der Waals surface area (Å²) in [5.74, 6) is -0.521. The monoisotopic (exact) mass is 374 g/mol. The Hall–Kier alpha value is -2.36. The second-order valence-electron chi connectivity index (χ2n) is 5.96. The van der Waals surface area contributed by atoms with Gasteiger partial charge in [-0.15, -0.1) is 0 Å². The van der Waals surface area contributed by atoms with Crippen LogP contribution in [0.3, 0.4) is 0 Å². The fourth-order valence-electron chi connectivity index (χ4n) is 2.73. The van der Waals surface area contributed by atoms with Gasteiger partial charge in [0.1, 0.15) is 12.1 Å². The predicted molar refractivity (Wildman–Crippen MR) is 87.4 cm³/mol. The lowest BCUT2D eigenvalue weighted by Gasteiger charge is -2.34. The summed E-state index contributed by atoms with van der Waals surface area (Å²) >= 11 is 0. The summed E-state index contributed by atoms with van der Waals surface area (Å²) in [4.78, 5) is 39.1. The SMILES string of the molecule is CCNC(=O)CN1CCN(C(=O)Cn2cccc(C(F)(F)F)c2=O)CC1. The van der Waals surface area contributed by atoms with Crippen molar-refractivity contribution >= 4 is 11.8 Å². The van der Waals surface area contributed by atoms with Crippen molar-refractivity contribution in [3.63, 3.8) is 0 Å². The van der Waals surface area contributed by atoms with Gasteiger partial charge in [-0.05, 0) is 19.1 Å². The zero-order chi connectivity index (χ0) is 19.3. The molecule has 0 saturated carbocycles. The first-order chi connectivity index (χ1) is 12.2. The van der Waals surface area contributed by atoms with Gasteiger partial charge in [0.2, 0.25) is 11.8 Å². The molecule has 0 spiro atoms. The second kappa shape index (κ2) is 8.35. The van der Waals surface area contributed by atoms with E-state index in [-0.39, 0.29) is 12.5 Å². The van der Waals surface area contributed by atoms with E-state index in [2.05, 4.69) is 5.32 Å². The van der Waals surface area contributed by atoms with Gasteiger partial charge in [-0.1, -0.05) is 0 Å². The number of piperazine rings is 1. The van der Waals surface area contributed by atoms with Crippen molar-refractivity contribution in [1.82, 2.24) is 19.7 Å². The van der Waals surface area contributed by atoms with Gasteiger partial charge >= 0.3 is 6.18 Å². The van der Waals surface area contributed by atoms with Gasteiger partial charge < -0.3 is 14.8 Å². The molecule has 1 aliphatic rings. The van der Waals surface area contributed by atoms with E-state index in [0.717, 1.165) is 10.6 Å². The number of aromatic nitrogens is 1. The lowest BCUT2D eigenvalue weighted by molar-refractivity contribution is -0.140. The number of rotatable bonds is 5. The molecule has 1 aliphatic heterocycles. The van der Waals surface area contributed by atoms with Crippen LogP contribution in [0.25, 0.3) is 0 Å². The van der Waals surface area contributed by atoms with Crippen molar-refractivity contribution < 1.29 is 22.8 Å². The van der Waals surface area contributed by atoms with Crippen molar-refractivity contribution in [3.8, 4) is 0 Å². The molecule has 1 N–H and O–H groups in total. The minimum absolute atomic E-state index is 0.0946. The number of carbonyl (C=O) groups excluding carboxylic acids is 2. The van der Waals surface area contributed by atoms with Crippen LogP contribution in [0, 0.1) is 0 Å². The number of likely N-dealkylation sites (N-methyl/N-ethyl adjacent to an activating group) is 1. The number of alkyl halides is 3. The zero-order valence-corrected chi connectivity index (χ0v) is 14.4. The van der Waals surface area contributed by atoms with E-state index < -0.39 is 29.8 Å². The third-order valence-electron chi connectivity index (χ3n) is 4.10.